The molecule has 1 aliphatic heterocycles. The maximum atomic E-state index is 12.3. The Morgan fingerprint density at radius 1 is 1.35 bits per heavy atom. The van der Waals surface area contributed by atoms with Crippen LogP contribution in [0.3, 0.4) is 0 Å². The maximum Gasteiger partial charge on any atom is 0.244 e. The van der Waals surface area contributed by atoms with Crippen LogP contribution < -0.4 is 5.32 Å². The molecular weight excluding hydrogens is 308 g/mol. The van der Waals surface area contributed by atoms with Crippen LogP contribution in [0, 0.1) is 5.92 Å². The fourth-order valence-corrected chi connectivity index (χ4v) is 3.45. The highest BCUT2D eigenvalue weighted by Gasteiger charge is 2.26. The van der Waals surface area contributed by atoms with Gasteiger partial charge in [0.05, 0.1) is 6.04 Å². The number of amides is 1. The molecule has 1 aliphatic rings. The van der Waals surface area contributed by atoms with E-state index in [4.69, 9.17) is 4.74 Å². The zero-order valence-electron chi connectivity index (χ0n) is 12.9. The van der Waals surface area contributed by atoms with Crippen molar-refractivity contribution in [3.8, 4) is 0 Å². The van der Waals surface area contributed by atoms with Gasteiger partial charge in [0.25, 0.3) is 0 Å². The highest BCUT2D eigenvalue weighted by molar-refractivity contribution is 7.10. The number of pyridine rings is 1. The highest BCUT2D eigenvalue weighted by Crippen LogP contribution is 2.29. The van der Waals surface area contributed by atoms with Crippen molar-refractivity contribution in [3.05, 3.63) is 58.6 Å². The molecule has 0 spiro atoms. The predicted molar refractivity (Wildman–Crippen MR) is 92.0 cm³/mol. The number of carbonyl (C=O) groups is 1. The summed E-state index contributed by atoms with van der Waals surface area (Å²) in [6, 6.07) is 7.88. The molecule has 1 N–H and O–H groups in total. The van der Waals surface area contributed by atoms with Gasteiger partial charge in [-0.2, -0.15) is 0 Å². The molecule has 23 heavy (non-hydrogen) atoms. The molecule has 1 amide bonds. The standard InChI is InChI=1S/C18H20N2O2S/c21-17(6-5-16-4-2-12-23-16)20-18(14-7-10-22-11-8-14)15-3-1-9-19-13-15/h1-6,9,12-14,18H,7-8,10-11H2,(H,20,21)/b6-5+/t18-/m1/s1. The van der Waals surface area contributed by atoms with Gasteiger partial charge in [-0.3, -0.25) is 9.78 Å². The van der Waals surface area contributed by atoms with E-state index in [9.17, 15) is 4.79 Å². The fourth-order valence-electron chi connectivity index (χ4n) is 2.83. The van der Waals surface area contributed by atoms with Gasteiger partial charge in [0.15, 0.2) is 0 Å². The van der Waals surface area contributed by atoms with Crippen LogP contribution in [0.25, 0.3) is 6.08 Å². The molecule has 0 radical (unpaired) electrons. The van der Waals surface area contributed by atoms with Crippen LogP contribution in [0.1, 0.15) is 29.3 Å². The molecule has 3 heterocycles. The van der Waals surface area contributed by atoms with Crippen LogP contribution in [0.2, 0.25) is 0 Å². The summed E-state index contributed by atoms with van der Waals surface area (Å²) in [5.74, 6) is 0.311. The van der Waals surface area contributed by atoms with Crippen molar-refractivity contribution >= 4 is 23.3 Å². The van der Waals surface area contributed by atoms with Gasteiger partial charge in [-0.15, -0.1) is 11.3 Å². The molecule has 120 valence electrons. The smallest absolute Gasteiger partial charge is 0.244 e. The average molecular weight is 328 g/mol. The quantitative estimate of drug-likeness (QED) is 0.856. The molecule has 5 heteroatoms. The molecule has 1 atom stereocenters. The SMILES string of the molecule is O=C(/C=C/c1cccs1)N[C@@H](c1cccnc1)C1CCOCC1. The van der Waals surface area contributed by atoms with Crippen LogP contribution in [-0.4, -0.2) is 24.1 Å². The van der Waals surface area contributed by atoms with Crippen molar-refractivity contribution in [1.82, 2.24) is 10.3 Å². The summed E-state index contributed by atoms with van der Waals surface area (Å²) in [6.07, 6.45) is 8.95. The minimum absolute atomic E-state index is 0.0203. The van der Waals surface area contributed by atoms with Crippen LogP contribution in [-0.2, 0) is 9.53 Å². The van der Waals surface area contributed by atoms with Crippen LogP contribution >= 0.6 is 11.3 Å². The van der Waals surface area contributed by atoms with E-state index in [0.29, 0.717) is 5.92 Å². The van der Waals surface area contributed by atoms with Crippen molar-refractivity contribution in [2.24, 2.45) is 5.92 Å². The maximum absolute atomic E-state index is 12.3. The van der Waals surface area contributed by atoms with Gasteiger partial charge in [-0.05, 0) is 47.9 Å². The normalized spacial score (nSPS) is 17.2. The molecule has 0 unspecified atom stereocenters. The molecule has 1 fully saturated rings. The first-order valence-electron chi connectivity index (χ1n) is 7.82. The molecule has 1 saturated heterocycles. The van der Waals surface area contributed by atoms with Gasteiger partial charge < -0.3 is 10.1 Å². The minimum Gasteiger partial charge on any atom is -0.381 e. The molecule has 0 aromatic carbocycles. The molecule has 0 bridgehead atoms. The third-order valence-corrected chi connectivity index (χ3v) is 4.86. The van der Waals surface area contributed by atoms with Gasteiger partial charge in [-0.1, -0.05) is 12.1 Å². The number of hydrogen-bond acceptors (Lipinski definition) is 4. The van der Waals surface area contributed by atoms with Crippen molar-refractivity contribution in [3.63, 3.8) is 0 Å². The lowest BCUT2D eigenvalue weighted by atomic mass is 9.87. The summed E-state index contributed by atoms with van der Waals surface area (Å²) in [6.45, 7) is 1.50. The minimum atomic E-state index is -0.0706. The Bertz CT molecular complexity index is 634. The van der Waals surface area contributed by atoms with Crippen molar-refractivity contribution in [2.75, 3.05) is 13.2 Å². The average Bonchev–Trinajstić information content (AvgIpc) is 3.13. The zero-order chi connectivity index (χ0) is 15.9. The zero-order valence-corrected chi connectivity index (χ0v) is 13.7. The number of aromatic nitrogens is 1. The van der Waals surface area contributed by atoms with Crippen molar-refractivity contribution in [1.29, 1.82) is 0 Å². The third kappa shape index (κ3) is 4.50. The summed E-state index contributed by atoms with van der Waals surface area (Å²) < 4.78 is 5.45. The summed E-state index contributed by atoms with van der Waals surface area (Å²) in [7, 11) is 0. The number of nitrogens with zero attached hydrogens (tertiary/aromatic N) is 1. The lowest BCUT2D eigenvalue weighted by Gasteiger charge is -2.30. The van der Waals surface area contributed by atoms with E-state index in [1.54, 1.807) is 23.6 Å². The molecule has 2 aromatic rings. The summed E-state index contributed by atoms with van der Waals surface area (Å²) in [5.41, 5.74) is 1.05. The van der Waals surface area contributed by atoms with Gasteiger partial charge in [-0.25, -0.2) is 0 Å². The third-order valence-electron chi connectivity index (χ3n) is 4.02. The second kappa shape index (κ2) is 8.04. The Balaban J connectivity index is 1.71. The number of nitrogens with one attached hydrogen (secondary N) is 1. The Kier molecular flexibility index (Phi) is 5.56. The number of ether oxygens (including phenoxy) is 1. The van der Waals surface area contributed by atoms with E-state index in [1.165, 1.54) is 0 Å². The highest BCUT2D eigenvalue weighted by atomic mass is 32.1. The monoisotopic (exact) mass is 328 g/mol. The van der Waals surface area contributed by atoms with Crippen LogP contribution in [0.15, 0.2) is 48.1 Å². The van der Waals surface area contributed by atoms with E-state index in [-0.39, 0.29) is 11.9 Å². The van der Waals surface area contributed by atoms with Crippen LogP contribution in [0.5, 0.6) is 0 Å². The van der Waals surface area contributed by atoms with Gasteiger partial charge in [0, 0.05) is 36.6 Å². The summed E-state index contributed by atoms with van der Waals surface area (Å²) in [4.78, 5) is 17.6. The molecule has 4 nitrogen and oxygen atoms in total. The number of hydrogen-bond donors (Lipinski definition) is 1. The first-order chi connectivity index (χ1) is 11.3. The van der Waals surface area contributed by atoms with E-state index in [2.05, 4.69) is 10.3 Å². The van der Waals surface area contributed by atoms with E-state index in [1.807, 2.05) is 41.9 Å². The lowest BCUT2D eigenvalue weighted by molar-refractivity contribution is -0.117. The van der Waals surface area contributed by atoms with Crippen molar-refractivity contribution < 1.29 is 9.53 Å². The molecule has 3 rings (SSSR count). The van der Waals surface area contributed by atoms with Gasteiger partial charge >= 0.3 is 0 Å². The van der Waals surface area contributed by atoms with E-state index >= 15 is 0 Å². The molecule has 0 aliphatic carbocycles. The van der Waals surface area contributed by atoms with Gasteiger partial charge in [0.1, 0.15) is 0 Å². The van der Waals surface area contributed by atoms with Crippen LogP contribution in [0.4, 0.5) is 0 Å². The number of carbonyl (C=O) groups excluding carboxylic acids is 1. The number of rotatable bonds is 5. The van der Waals surface area contributed by atoms with Crippen molar-refractivity contribution in [2.45, 2.75) is 18.9 Å². The molecule has 0 saturated carbocycles. The Hall–Kier alpha value is -1.98. The molecular formula is C18H20N2O2S. The molecule has 2 aromatic heterocycles. The first-order valence-corrected chi connectivity index (χ1v) is 8.70. The first kappa shape index (κ1) is 15.9. The largest absolute Gasteiger partial charge is 0.381 e. The van der Waals surface area contributed by atoms with E-state index in [0.717, 1.165) is 36.5 Å². The fraction of sp³-hybridized carbons (Fsp3) is 0.333. The second-order valence-electron chi connectivity index (χ2n) is 5.57. The second-order valence-corrected chi connectivity index (χ2v) is 6.55. The summed E-state index contributed by atoms with van der Waals surface area (Å²) in [5, 5.41) is 5.15. The van der Waals surface area contributed by atoms with E-state index < -0.39 is 0 Å². The Morgan fingerprint density at radius 3 is 2.91 bits per heavy atom. The Labute approximate surface area is 140 Å². The summed E-state index contributed by atoms with van der Waals surface area (Å²) >= 11 is 1.61. The van der Waals surface area contributed by atoms with Gasteiger partial charge in [0.2, 0.25) is 5.91 Å². The number of thiophene rings is 1. The topological polar surface area (TPSA) is 51.2 Å². The predicted octanol–water partition coefficient (Wildman–Crippen LogP) is 3.44. The lowest BCUT2D eigenvalue weighted by Crippen LogP contribution is -2.35. The Morgan fingerprint density at radius 2 is 2.22 bits per heavy atom.